The zero-order chi connectivity index (χ0) is 18.6. The lowest BCUT2D eigenvalue weighted by atomic mass is 9.93. The van der Waals surface area contributed by atoms with E-state index in [1.165, 1.54) is 50.0 Å². The second kappa shape index (κ2) is 8.40. The number of rotatable bonds is 7. The van der Waals surface area contributed by atoms with E-state index in [2.05, 4.69) is 16.3 Å². The van der Waals surface area contributed by atoms with Gasteiger partial charge in [0.05, 0.1) is 31.5 Å². The van der Waals surface area contributed by atoms with Gasteiger partial charge >= 0.3 is 0 Å². The van der Waals surface area contributed by atoms with Gasteiger partial charge in [-0.15, -0.1) is 0 Å². The predicted molar refractivity (Wildman–Crippen MR) is 108 cm³/mol. The highest BCUT2D eigenvalue weighted by molar-refractivity contribution is 5.91. The lowest BCUT2D eigenvalue weighted by molar-refractivity contribution is 0.0975. The molecule has 0 aromatic carbocycles. The average molecular weight is 370 g/mol. The summed E-state index contributed by atoms with van der Waals surface area (Å²) in [7, 11) is 3.64. The number of pyridine rings is 2. The molecule has 0 saturated carbocycles. The maximum absolute atomic E-state index is 5.94. The highest BCUT2D eigenvalue weighted by Gasteiger charge is 2.20. The Bertz CT molecular complexity index is 803. The molecule has 3 heterocycles. The predicted octanol–water partition coefficient (Wildman–Crippen LogP) is 3.17. The van der Waals surface area contributed by atoms with E-state index in [-0.39, 0.29) is 0 Å². The second-order valence-corrected chi connectivity index (χ2v) is 7.49. The summed E-state index contributed by atoms with van der Waals surface area (Å²) in [5, 5.41) is 3.36. The SMILES string of the molecule is CNc1c2c(nc3cc(COCCN4CCCC4)c(OC)nc13)CCCC2. The van der Waals surface area contributed by atoms with Crippen molar-refractivity contribution in [2.24, 2.45) is 0 Å². The smallest absolute Gasteiger partial charge is 0.219 e. The molecule has 2 aliphatic rings. The first-order valence-corrected chi connectivity index (χ1v) is 10.2. The number of nitrogens with zero attached hydrogens (tertiary/aromatic N) is 3. The summed E-state index contributed by atoms with van der Waals surface area (Å²) in [5.74, 6) is 0.637. The highest BCUT2D eigenvalue weighted by atomic mass is 16.5. The first kappa shape index (κ1) is 18.4. The third-order valence-corrected chi connectivity index (χ3v) is 5.73. The van der Waals surface area contributed by atoms with Crippen molar-refractivity contribution in [1.82, 2.24) is 14.9 Å². The molecule has 0 amide bonds. The first-order valence-electron chi connectivity index (χ1n) is 10.2. The number of anilines is 1. The lowest BCUT2D eigenvalue weighted by Gasteiger charge is -2.21. The van der Waals surface area contributed by atoms with Crippen molar-refractivity contribution in [2.75, 3.05) is 45.7 Å². The Morgan fingerprint density at radius 1 is 1.11 bits per heavy atom. The highest BCUT2D eigenvalue weighted by Crippen LogP contribution is 2.34. The fourth-order valence-electron chi connectivity index (χ4n) is 4.30. The zero-order valence-corrected chi connectivity index (χ0v) is 16.5. The van der Waals surface area contributed by atoms with E-state index in [9.17, 15) is 0 Å². The summed E-state index contributed by atoms with van der Waals surface area (Å²) < 4.78 is 11.5. The van der Waals surface area contributed by atoms with Crippen LogP contribution in [0, 0.1) is 0 Å². The topological polar surface area (TPSA) is 59.5 Å². The fraction of sp³-hybridized carbons (Fsp3) is 0.619. The molecule has 0 unspecified atom stereocenters. The summed E-state index contributed by atoms with van der Waals surface area (Å²) in [6.45, 7) is 4.64. The van der Waals surface area contributed by atoms with Crippen molar-refractivity contribution in [1.29, 1.82) is 0 Å². The van der Waals surface area contributed by atoms with Gasteiger partial charge in [0, 0.05) is 24.8 Å². The van der Waals surface area contributed by atoms with Gasteiger partial charge in [-0.25, -0.2) is 4.98 Å². The molecule has 2 aromatic rings. The third kappa shape index (κ3) is 3.87. The van der Waals surface area contributed by atoms with Gasteiger partial charge in [0.2, 0.25) is 5.88 Å². The minimum absolute atomic E-state index is 0.508. The number of likely N-dealkylation sites (tertiary alicyclic amines) is 1. The van der Waals surface area contributed by atoms with Crippen LogP contribution >= 0.6 is 0 Å². The number of hydrogen-bond donors (Lipinski definition) is 1. The molecule has 1 fully saturated rings. The molecule has 4 rings (SSSR count). The van der Waals surface area contributed by atoms with Crippen LogP contribution in [0.5, 0.6) is 5.88 Å². The third-order valence-electron chi connectivity index (χ3n) is 5.73. The van der Waals surface area contributed by atoms with Crippen molar-refractivity contribution in [3.8, 4) is 5.88 Å². The molecule has 1 N–H and O–H groups in total. The first-order chi connectivity index (χ1) is 13.3. The Morgan fingerprint density at radius 2 is 1.93 bits per heavy atom. The second-order valence-electron chi connectivity index (χ2n) is 7.49. The molecule has 27 heavy (non-hydrogen) atoms. The Kier molecular flexibility index (Phi) is 5.74. The lowest BCUT2D eigenvalue weighted by Crippen LogP contribution is -2.24. The van der Waals surface area contributed by atoms with Crippen molar-refractivity contribution in [3.63, 3.8) is 0 Å². The maximum Gasteiger partial charge on any atom is 0.219 e. The van der Waals surface area contributed by atoms with Crippen molar-refractivity contribution >= 4 is 16.7 Å². The van der Waals surface area contributed by atoms with Crippen LogP contribution in [0.4, 0.5) is 5.69 Å². The van der Waals surface area contributed by atoms with Crippen LogP contribution in [0.15, 0.2) is 6.07 Å². The Hall–Kier alpha value is -1.92. The van der Waals surface area contributed by atoms with Crippen LogP contribution < -0.4 is 10.1 Å². The van der Waals surface area contributed by atoms with Gasteiger partial charge in [0.15, 0.2) is 0 Å². The van der Waals surface area contributed by atoms with Crippen LogP contribution in [0.1, 0.15) is 42.5 Å². The summed E-state index contributed by atoms with van der Waals surface area (Å²) in [4.78, 5) is 12.2. The molecule has 0 atom stereocenters. The largest absolute Gasteiger partial charge is 0.481 e. The van der Waals surface area contributed by atoms with Gasteiger partial charge in [-0.3, -0.25) is 4.98 Å². The van der Waals surface area contributed by atoms with Crippen molar-refractivity contribution in [2.45, 2.75) is 45.1 Å². The number of ether oxygens (including phenoxy) is 2. The molecule has 6 nitrogen and oxygen atoms in total. The van der Waals surface area contributed by atoms with Crippen LogP contribution in [0.25, 0.3) is 11.0 Å². The number of nitrogens with one attached hydrogen (secondary N) is 1. The number of fused-ring (bicyclic) bond motifs is 2. The molecule has 1 aliphatic heterocycles. The molecule has 146 valence electrons. The van der Waals surface area contributed by atoms with Crippen LogP contribution in [-0.2, 0) is 24.2 Å². The molecule has 1 aliphatic carbocycles. The molecule has 0 spiro atoms. The molecular weight excluding hydrogens is 340 g/mol. The van der Waals surface area contributed by atoms with Gasteiger partial charge < -0.3 is 19.7 Å². The van der Waals surface area contributed by atoms with Gasteiger partial charge in [-0.1, -0.05) is 0 Å². The van der Waals surface area contributed by atoms with Gasteiger partial charge in [0.25, 0.3) is 0 Å². The Labute approximate surface area is 161 Å². The Balaban J connectivity index is 1.57. The summed E-state index contributed by atoms with van der Waals surface area (Å²) in [6, 6.07) is 2.09. The Morgan fingerprint density at radius 3 is 2.70 bits per heavy atom. The van der Waals surface area contributed by atoms with E-state index in [1.807, 2.05) is 7.05 Å². The fourth-order valence-corrected chi connectivity index (χ4v) is 4.30. The monoisotopic (exact) mass is 370 g/mol. The van der Waals surface area contributed by atoms with Gasteiger partial charge in [-0.2, -0.15) is 0 Å². The zero-order valence-electron chi connectivity index (χ0n) is 16.5. The minimum atomic E-state index is 0.508. The van der Waals surface area contributed by atoms with E-state index < -0.39 is 0 Å². The molecule has 6 heteroatoms. The number of aromatic nitrogens is 2. The number of aryl methyl sites for hydroxylation is 1. The van der Waals surface area contributed by atoms with E-state index in [1.54, 1.807) is 7.11 Å². The summed E-state index contributed by atoms with van der Waals surface area (Å²) in [6.07, 6.45) is 7.17. The van der Waals surface area contributed by atoms with Crippen LogP contribution in [-0.4, -0.2) is 55.3 Å². The van der Waals surface area contributed by atoms with Crippen molar-refractivity contribution < 1.29 is 9.47 Å². The van der Waals surface area contributed by atoms with Crippen LogP contribution in [0.3, 0.4) is 0 Å². The summed E-state index contributed by atoms with van der Waals surface area (Å²) >= 11 is 0. The molecule has 0 bridgehead atoms. The van der Waals surface area contributed by atoms with E-state index in [0.29, 0.717) is 12.5 Å². The van der Waals surface area contributed by atoms with E-state index >= 15 is 0 Å². The normalized spacial score (nSPS) is 17.3. The minimum Gasteiger partial charge on any atom is -0.481 e. The molecule has 0 radical (unpaired) electrons. The summed E-state index contributed by atoms with van der Waals surface area (Å²) in [5.41, 5.74) is 6.44. The van der Waals surface area contributed by atoms with E-state index in [0.717, 1.165) is 48.3 Å². The van der Waals surface area contributed by atoms with Crippen LogP contribution in [0.2, 0.25) is 0 Å². The van der Waals surface area contributed by atoms with Gasteiger partial charge in [0.1, 0.15) is 5.52 Å². The molecule has 1 saturated heterocycles. The maximum atomic E-state index is 5.94. The molecular formula is C21H30N4O2. The number of hydrogen-bond acceptors (Lipinski definition) is 6. The molecule has 2 aromatic heterocycles. The van der Waals surface area contributed by atoms with E-state index in [4.69, 9.17) is 19.4 Å². The number of methoxy groups -OCH3 is 1. The quantitative estimate of drug-likeness (QED) is 0.756. The average Bonchev–Trinajstić information content (AvgIpc) is 3.22. The standard InChI is InChI=1S/C21H30N4O2/c1-22-19-16-7-3-4-8-17(16)23-18-13-15(21(26-2)24-20(18)19)14-27-12-11-25-9-5-6-10-25/h13H,3-12,14H2,1-2H3,(H,22,23). The van der Waals surface area contributed by atoms with Crippen molar-refractivity contribution in [3.05, 3.63) is 22.9 Å². The van der Waals surface area contributed by atoms with Gasteiger partial charge in [-0.05, 0) is 63.2 Å².